The highest BCUT2D eigenvalue weighted by molar-refractivity contribution is 9.09. The van der Waals surface area contributed by atoms with E-state index in [0.717, 1.165) is 29.4 Å². The zero-order valence-corrected chi connectivity index (χ0v) is 12.6. The molecule has 0 aliphatic rings. The van der Waals surface area contributed by atoms with Crippen LogP contribution in [0.1, 0.15) is 45.4 Å². The lowest BCUT2D eigenvalue weighted by Gasteiger charge is -2.19. The fourth-order valence-corrected chi connectivity index (χ4v) is 2.63. The van der Waals surface area contributed by atoms with Crippen LogP contribution in [0.5, 0.6) is 0 Å². The van der Waals surface area contributed by atoms with E-state index >= 15 is 0 Å². The van der Waals surface area contributed by atoms with Gasteiger partial charge in [0.05, 0.1) is 0 Å². The van der Waals surface area contributed by atoms with Crippen LogP contribution in [-0.2, 0) is 0 Å². The first-order chi connectivity index (χ1) is 7.69. The molecule has 1 aromatic rings. The second-order valence-electron chi connectivity index (χ2n) is 4.12. The Labute approximate surface area is 111 Å². The van der Waals surface area contributed by atoms with Gasteiger partial charge >= 0.3 is 0 Å². The van der Waals surface area contributed by atoms with Crippen molar-refractivity contribution in [2.24, 2.45) is 0 Å². The lowest BCUT2D eigenvalue weighted by molar-refractivity contribution is 0.727. The molecule has 0 aliphatic carbocycles. The second kappa shape index (κ2) is 7.22. The molecule has 0 saturated heterocycles. The van der Waals surface area contributed by atoms with Crippen LogP contribution in [0.25, 0.3) is 0 Å². The number of rotatable bonds is 7. The summed E-state index contributed by atoms with van der Waals surface area (Å²) in [7, 11) is 0. The first-order valence-electron chi connectivity index (χ1n) is 5.83. The zero-order valence-electron chi connectivity index (χ0n) is 10.2. The van der Waals surface area contributed by atoms with Crippen LogP contribution in [-0.4, -0.2) is 27.8 Å². The van der Waals surface area contributed by atoms with E-state index in [1.54, 1.807) is 0 Å². The van der Waals surface area contributed by atoms with Gasteiger partial charge in [-0.25, -0.2) is 4.98 Å². The fraction of sp³-hybridized carbons (Fsp3) is 0.818. The summed E-state index contributed by atoms with van der Waals surface area (Å²) in [5.74, 6) is 1.39. The first kappa shape index (κ1) is 13.9. The van der Waals surface area contributed by atoms with Gasteiger partial charge in [-0.1, -0.05) is 43.1 Å². The van der Waals surface area contributed by atoms with Crippen LogP contribution in [0, 0.1) is 0 Å². The second-order valence-corrected chi connectivity index (χ2v) is 5.64. The van der Waals surface area contributed by atoms with Crippen molar-refractivity contribution in [2.75, 3.05) is 23.3 Å². The highest BCUT2D eigenvalue weighted by Crippen LogP contribution is 2.21. The van der Waals surface area contributed by atoms with E-state index in [1.807, 2.05) is 0 Å². The molecule has 0 aliphatic heterocycles. The molecule has 0 amide bonds. The summed E-state index contributed by atoms with van der Waals surface area (Å²) in [6, 6.07) is 0. The van der Waals surface area contributed by atoms with Crippen molar-refractivity contribution in [2.45, 2.75) is 39.5 Å². The van der Waals surface area contributed by atoms with Crippen molar-refractivity contribution in [1.82, 2.24) is 9.36 Å². The monoisotopic (exact) mass is 305 g/mol. The maximum atomic E-state index is 4.59. The lowest BCUT2D eigenvalue weighted by Crippen LogP contribution is -2.26. The highest BCUT2D eigenvalue weighted by Gasteiger charge is 2.13. The van der Waals surface area contributed by atoms with Crippen LogP contribution >= 0.6 is 27.5 Å². The van der Waals surface area contributed by atoms with Crippen LogP contribution in [0.4, 0.5) is 5.13 Å². The van der Waals surface area contributed by atoms with Crippen molar-refractivity contribution >= 4 is 32.6 Å². The molecule has 0 N–H and O–H groups in total. The molecule has 3 nitrogen and oxygen atoms in total. The lowest BCUT2D eigenvalue weighted by atomic mass is 10.2. The average Bonchev–Trinajstić information content (AvgIpc) is 2.73. The van der Waals surface area contributed by atoms with Crippen molar-refractivity contribution in [3.05, 3.63) is 5.82 Å². The summed E-state index contributed by atoms with van der Waals surface area (Å²) >= 11 is 5.01. The summed E-state index contributed by atoms with van der Waals surface area (Å²) in [5, 5.41) is 2.05. The molecule has 0 atom stereocenters. The summed E-state index contributed by atoms with van der Waals surface area (Å²) < 4.78 is 4.40. The Bertz CT molecular complexity index is 301. The molecule has 1 heterocycles. The number of aromatic nitrogens is 2. The fourth-order valence-electron chi connectivity index (χ4n) is 1.34. The minimum atomic E-state index is 0.419. The topological polar surface area (TPSA) is 29.0 Å². The van der Waals surface area contributed by atoms with E-state index in [1.165, 1.54) is 24.4 Å². The third kappa shape index (κ3) is 4.01. The molecule has 92 valence electrons. The van der Waals surface area contributed by atoms with Gasteiger partial charge in [0, 0.05) is 35.9 Å². The predicted octanol–water partition coefficient (Wildman–Crippen LogP) is 3.66. The zero-order chi connectivity index (χ0) is 12.0. The summed E-state index contributed by atoms with van der Waals surface area (Å²) in [5.41, 5.74) is 0. The maximum absolute atomic E-state index is 4.59. The molecule has 16 heavy (non-hydrogen) atoms. The van der Waals surface area contributed by atoms with Gasteiger partial charge in [0.25, 0.3) is 0 Å². The largest absolute Gasteiger partial charge is 0.346 e. The van der Waals surface area contributed by atoms with E-state index < -0.39 is 0 Å². The van der Waals surface area contributed by atoms with Crippen molar-refractivity contribution < 1.29 is 0 Å². The van der Waals surface area contributed by atoms with Crippen molar-refractivity contribution in [3.63, 3.8) is 0 Å². The molecular weight excluding hydrogens is 286 g/mol. The van der Waals surface area contributed by atoms with Gasteiger partial charge in [-0.15, -0.1) is 0 Å². The molecule has 0 unspecified atom stereocenters. The minimum absolute atomic E-state index is 0.419. The first-order valence-corrected chi connectivity index (χ1v) is 7.73. The molecule has 1 rings (SSSR count). The SMILES string of the molecule is CCCCN(CCBr)c1nc(C(C)C)ns1. The molecule has 0 spiro atoms. The Morgan fingerprint density at radius 3 is 2.62 bits per heavy atom. The predicted molar refractivity (Wildman–Crippen MR) is 74.9 cm³/mol. The molecule has 0 radical (unpaired) electrons. The third-order valence-electron chi connectivity index (χ3n) is 2.35. The Morgan fingerprint density at radius 2 is 2.12 bits per heavy atom. The highest BCUT2D eigenvalue weighted by atomic mass is 79.9. The number of unbranched alkanes of at least 4 members (excludes halogenated alkanes) is 1. The molecule has 0 bridgehead atoms. The number of nitrogens with zero attached hydrogens (tertiary/aromatic N) is 3. The van der Waals surface area contributed by atoms with Crippen LogP contribution < -0.4 is 4.90 Å². The van der Waals surface area contributed by atoms with E-state index in [4.69, 9.17) is 0 Å². The van der Waals surface area contributed by atoms with Gasteiger partial charge in [-0.05, 0) is 6.42 Å². The van der Waals surface area contributed by atoms with E-state index in [2.05, 4.69) is 51.0 Å². The Kier molecular flexibility index (Phi) is 6.28. The Morgan fingerprint density at radius 1 is 1.38 bits per heavy atom. The van der Waals surface area contributed by atoms with Crippen LogP contribution in [0.15, 0.2) is 0 Å². The standard InChI is InChI=1S/C11H20BrN3S/c1-4-5-7-15(8-6-12)11-13-10(9(2)3)14-16-11/h9H,4-8H2,1-3H3. The number of anilines is 1. The summed E-state index contributed by atoms with van der Waals surface area (Å²) in [6.07, 6.45) is 2.43. The number of hydrogen-bond acceptors (Lipinski definition) is 4. The van der Waals surface area contributed by atoms with Gasteiger partial charge in [0.1, 0.15) is 5.82 Å². The van der Waals surface area contributed by atoms with Gasteiger partial charge in [-0.3, -0.25) is 0 Å². The van der Waals surface area contributed by atoms with Gasteiger partial charge in [-0.2, -0.15) is 4.37 Å². The Balaban J connectivity index is 2.67. The number of hydrogen-bond donors (Lipinski definition) is 0. The third-order valence-corrected chi connectivity index (χ3v) is 3.50. The van der Waals surface area contributed by atoms with Crippen LogP contribution in [0.2, 0.25) is 0 Å². The van der Waals surface area contributed by atoms with E-state index in [-0.39, 0.29) is 0 Å². The van der Waals surface area contributed by atoms with E-state index in [0.29, 0.717) is 5.92 Å². The number of alkyl halides is 1. The quantitative estimate of drug-likeness (QED) is 0.720. The summed E-state index contributed by atoms with van der Waals surface area (Å²) in [6.45, 7) is 8.56. The number of halogens is 1. The van der Waals surface area contributed by atoms with E-state index in [9.17, 15) is 0 Å². The molecule has 0 fully saturated rings. The molecule has 5 heteroatoms. The summed E-state index contributed by atoms with van der Waals surface area (Å²) in [4.78, 5) is 6.92. The van der Waals surface area contributed by atoms with Crippen molar-refractivity contribution in [1.29, 1.82) is 0 Å². The molecule has 0 saturated carbocycles. The Hall–Kier alpha value is -0.160. The normalized spacial score (nSPS) is 11.1. The molecular formula is C11H20BrN3S. The van der Waals surface area contributed by atoms with Gasteiger partial charge in [0.2, 0.25) is 5.13 Å². The maximum Gasteiger partial charge on any atom is 0.205 e. The van der Waals surface area contributed by atoms with Crippen LogP contribution in [0.3, 0.4) is 0 Å². The molecule has 0 aromatic carbocycles. The minimum Gasteiger partial charge on any atom is -0.346 e. The average molecular weight is 306 g/mol. The molecule has 1 aromatic heterocycles. The smallest absolute Gasteiger partial charge is 0.205 e. The van der Waals surface area contributed by atoms with Gasteiger partial charge in [0.15, 0.2) is 0 Å². The van der Waals surface area contributed by atoms with Crippen molar-refractivity contribution in [3.8, 4) is 0 Å². The van der Waals surface area contributed by atoms with Gasteiger partial charge < -0.3 is 4.90 Å².